The summed E-state index contributed by atoms with van der Waals surface area (Å²) in [6, 6.07) is 1.13. The van der Waals surface area contributed by atoms with E-state index in [2.05, 4.69) is 37.9 Å². The van der Waals surface area contributed by atoms with Gasteiger partial charge in [-0.1, -0.05) is 27.7 Å². The first-order valence-electron chi connectivity index (χ1n) is 8.58. The predicted octanol–water partition coefficient (Wildman–Crippen LogP) is 2.64. The third-order valence-electron chi connectivity index (χ3n) is 5.51. The van der Waals surface area contributed by atoms with Crippen LogP contribution in [0.1, 0.15) is 59.8 Å². The van der Waals surface area contributed by atoms with Crippen LogP contribution in [0.3, 0.4) is 0 Å². The Balaban J connectivity index is 1.87. The van der Waals surface area contributed by atoms with Crippen LogP contribution < -0.4 is 5.32 Å². The molecular weight excluding hydrogens is 248 g/mol. The van der Waals surface area contributed by atoms with Gasteiger partial charge in [0.2, 0.25) is 0 Å². The summed E-state index contributed by atoms with van der Waals surface area (Å²) >= 11 is 0. The lowest BCUT2D eigenvalue weighted by molar-refractivity contribution is 0.100. The number of hydrogen-bond donors (Lipinski definition) is 2. The fourth-order valence-electron chi connectivity index (χ4n) is 4.29. The van der Waals surface area contributed by atoms with E-state index in [-0.39, 0.29) is 12.1 Å². The van der Waals surface area contributed by atoms with Crippen molar-refractivity contribution in [2.45, 2.75) is 77.4 Å². The van der Waals surface area contributed by atoms with E-state index in [0.717, 1.165) is 24.7 Å². The normalized spacial score (nSPS) is 33.5. The number of nitrogens with one attached hydrogen (secondary N) is 1. The van der Waals surface area contributed by atoms with Gasteiger partial charge in [0.05, 0.1) is 6.61 Å². The Kier molecular flexibility index (Phi) is 5.49. The molecule has 2 unspecified atom stereocenters. The third-order valence-corrected chi connectivity index (χ3v) is 5.51. The maximum Gasteiger partial charge on any atom is 0.0614 e. The van der Waals surface area contributed by atoms with Gasteiger partial charge in [0.1, 0.15) is 0 Å². The number of hydrogen-bond acceptors (Lipinski definition) is 3. The first-order chi connectivity index (χ1) is 9.46. The van der Waals surface area contributed by atoms with Crippen molar-refractivity contribution in [1.82, 2.24) is 10.2 Å². The highest BCUT2D eigenvalue weighted by Gasteiger charge is 2.41. The maximum atomic E-state index is 9.82. The molecule has 1 saturated heterocycles. The van der Waals surface area contributed by atoms with Crippen LogP contribution in [0.5, 0.6) is 0 Å². The second-order valence-corrected chi connectivity index (χ2v) is 7.75. The molecule has 1 heterocycles. The van der Waals surface area contributed by atoms with Crippen LogP contribution in [0.2, 0.25) is 0 Å². The van der Waals surface area contributed by atoms with Gasteiger partial charge in [-0.3, -0.25) is 0 Å². The fraction of sp³-hybridized carbons (Fsp3) is 1.00. The lowest BCUT2D eigenvalue weighted by Crippen LogP contribution is -2.51. The second kappa shape index (κ2) is 6.76. The number of rotatable bonds is 5. The lowest BCUT2D eigenvalue weighted by atomic mass is 9.86. The minimum absolute atomic E-state index is 0.0201. The van der Waals surface area contributed by atoms with E-state index in [9.17, 15) is 5.11 Å². The summed E-state index contributed by atoms with van der Waals surface area (Å²) in [6.45, 7) is 11.9. The smallest absolute Gasteiger partial charge is 0.0614 e. The maximum absolute atomic E-state index is 9.82. The highest BCUT2D eigenvalue weighted by molar-refractivity contribution is 5.00. The molecule has 20 heavy (non-hydrogen) atoms. The van der Waals surface area contributed by atoms with Crippen molar-refractivity contribution in [2.24, 2.45) is 11.8 Å². The van der Waals surface area contributed by atoms with E-state index in [4.69, 9.17) is 0 Å². The van der Waals surface area contributed by atoms with E-state index in [0.29, 0.717) is 12.1 Å². The minimum Gasteiger partial charge on any atom is -0.394 e. The van der Waals surface area contributed by atoms with Gasteiger partial charge in [-0.25, -0.2) is 0 Å². The van der Waals surface area contributed by atoms with Crippen LogP contribution >= 0.6 is 0 Å². The van der Waals surface area contributed by atoms with E-state index in [1.54, 1.807) is 0 Å². The predicted molar refractivity (Wildman–Crippen MR) is 84.9 cm³/mol. The summed E-state index contributed by atoms with van der Waals surface area (Å²) in [7, 11) is 0. The molecule has 2 atom stereocenters. The zero-order valence-corrected chi connectivity index (χ0v) is 13.9. The van der Waals surface area contributed by atoms with Crippen LogP contribution in [-0.2, 0) is 0 Å². The molecule has 0 spiro atoms. The molecule has 0 aromatic carbocycles. The zero-order valence-electron chi connectivity index (χ0n) is 13.9. The van der Waals surface area contributed by atoms with Gasteiger partial charge in [0.15, 0.2) is 0 Å². The number of aliphatic hydroxyl groups is 1. The Hall–Kier alpha value is -0.120. The van der Waals surface area contributed by atoms with Crippen LogP contribution in [0.4, 0.5) is 0 Å². The fourth-order valence-corrected chi connectivity index (χ4v) is 4.29. The number of nitrogens with zero attached hydrogens (tertiary/aromatic N) is 1. The second-order valence-electron chi connectivity index (χ2n) is 7.75. The molecule has 0 aromatic heterocycles. The average molecular weight is 282 g/mol. The largest absolute Gasteiger partial charge is 0.394 e. The van der Waals surface area contributed by atoms with Crippen molar-refractivity contribution in [3.63, 3.8) is 0 Å². The van der Waals surface area contributed by atoms with Crippen molar-refractivity contribution < 1.29 is 5.11 Å². The van der Waals surface area contributed by atoms with E-state index in [1.165, 1.54) is 32.4 Å². The highest BCUT2D eigenvalue weighted by Crippen LogP contribution is 2.36. The number of likely N-dealkylation sites (tertiary alicyclic amines) is 1. The van der Waals surface area contributed by atoms with Crippen LogP contribution in [0.15, 0.2) is 0 Å². The average Bonchev–Trinajstić information content (AvgIpc) is 2.83. The molecule has 1 aliphatic carbocycles. The van der Waals surface area contributed by atoms with Crippen molar-refractivity contribution in [3.05, 3.63) is 0 Å². The van der Waals surface area contributed by atoms with Gasteiger partial charge in [-0.05, 0) is 57.0 Å². The first-order valence-corrected chi connectivity index (χ1v) is 8.58. The van der Waals surface area contributed by atoms with Crippen molar-refractivity contribution >= 4 is 0 Å². The van der Waals surface area contributed by atoms with Gasteiger partial charge in [-0.15, -0.1) is 0 Å². The Morgan fingerprint density at radius 1 is 1.15 bits per heavy atom. The first kappa shape index (κ1) is 16.3. The molecule has 2 fully saturated rings. The summed E-state index contributed by atoms with van der Waals surface area (Å²) < 4.78 is 0. The summed E-state index contributed by atoms with van der Waals surface area (Å²) in [6.07, 6.45) is 6.20. The highest BCUT2D eigenvalue weighted by atomic mass is 16.3. The molecule has 3 nitrogen and oxygen atoms in total. The van der Waals surface area contributed by atoms with Gasteiger partial charge in [0.25, 0.3) is 0 Å². The van der Waals surface area contributed by atoms with Crippen molar-refractivity contribution in [3.8, 4) is 0 Å². The van der Waals surface area contributed by atoms with E-state index < -0.39 is 0 Å². The van der Waals surface area contributed by atoms with Gasteiger partial charge >= 0.3 is 0 Å². The topological polar surface area (TPSA) is 35.5 Å². The molecule has 1 saturated carbocycles. The molecule has 0 radical (unpaired) electrons. The minimum atomic E-state index is -0.0201. The molecular formula is C17H34N2O. The molecule has 2 aliphatic rings. The summed E-state index contributed by atoms with van der Waals surface area (Å²) in [5, 5.41) is 13.4. The van der Waals surface area contributed by atoms with E-state index in [1.807, 2.05) is 0 Å². The molecule has 1 aliphatic heterocycles. The molecule has 118 valence electrons. The Labute approximate surface area is 125 Å². The molecule has 2 N–H and O–H groups in total. The monoisotopic (exact) mass is 282 g/mol. The molecule has 0 amide bonds. The SMILES string of the molecule is CC(C)NC1(CO)CCC(N2CCC(C(C)C)CC2)C1. The summed E-state index contributed by atoms with van der Waals surface area (Å²) in [4.78, 5) is 2.69. The third kappa shape index (κ3) is 3.75. The van der Waals surface area contributed by atoms with Gasteiger partial charge in [0, 0.05) is 17.6 Å². The van der Waals surface area contributed by atoms with Crippen LogP contribution in [0.25, 0.3) is 0 Å². The van der Waals surface area contributed by atoms with E-state index >= 15 is 0 Å². The number of aliphatic hydroxyl groups excluding tert-OH is 1. The quantitative estimate of drug-likeness (QED) is 0.814. The lowest BCUT2D eigenvalue weighted by Gasteiger charge is -2.38. The summed E-state index contributed by atoms with van der Waals surface area (Å²) in [5.41, 5.74) is -0.0201. The Morgan fingerprint density at radius 2 is 1.80 bits per heavy atom. The summed E-state index contributed by atoms with van der Waals surface area (Å²) in [5.74, 6) is 1.75. The van der Waals surface area contributed by atoms with Gasteiger partial charge < -0.3 is 15.3 Å². The standard InChI is InChI=1S/C17H34N2O/c1-13(2)15-6-9-19(10-7-15)16-5-8-17(11-16,12-20)18-14(3)4/h13-16,18,20H,5-12H2,1-4H3. The molecule has 0 aromatic rings. The zero-order chi connectivity index (χ0) is 14.8. The van der Waals surface area contributed by atoms with Crippen LogP contribution in [0, 0.1) is 11.8 Å². The number of piperidine rings is 1. The van der Waals surface area contributed by atoms with Crippen LogP contribution in [-0.4, -0.2) is 47.3 Å². The van der Waals surface area contributed by atoms with Crippen molar-refractivity contribution in [1.29, 1.82) is 0 Å². The Morgan fingerprint density at radius 3 is 2.30 bits per heavy atom. The van der Waals surface area contributed by atoms with Crippen molar-refractivity contribution in [2.75, 3.05) is 19.7 Å². The molecule has 0 bridgehead atoms. The van der Waals surface area contributed by atoms with Gasteiger partial charge in [-0.2, -0.15) is 0 Å². The molecule has 2 rings (SSSR count). The Bertz CT molecular complexity index is 297. The molecule has 3 heteroatoms.